The van der Waals surface area contributed by atoms with Gasteiger partial charge in [-0.05, 0) is 44.0 Å². The molecule has 1 aromatic carbocycles. The molecule has 0 radical (unpaired) electrons. The van der Waals surface area contributed by atoms with Gasteiger partial charge in [0.05, 0.1) is 19.4 Å². The summed E-state index contributed by atoms with van der Waals surface area (Å²) in [6.45, 7) is 0. The molecule has 100 valence electrons. The molecule has 0 bridgehead atoms. The summed E-state index contributed by atoms with van der Waals surface area (Å²) in [5, 5.41) is 2.12. The molecule has 2 rings (SSSR count). The fourth-order valence-electron chi connectivity index (χ4n) is 1.30. The van der Waals surface area contributed by atoms with Crippen LogP contribution in [0, 0.1) is 11.6 Å². The highest BCUT2D eigenvalue weighted by Crippen LogP contribution is 2.33. The highest BCUT2D eigenvalue weighted by Gasteiger charge is 2.16. The second kappa shape index (κ2) is 5.87. The van der Waals surface area contributed by atoms with Crippen LogP contribution in [0.2, 0.25) is 5.02 Å². The van der Waals surface area contributed by atoms with E-state index in [1.54, 1.807) is 6.07 Å². The van der Waals surface area contributed by atoms with Crippen molar-refractivity contribution in [2.75, 3.05) is 5.32 Å². The molecule has 8 heteroatoms. The van der Waals surface area contributed by atoms with Gasteiger partial charge >= 0.3 is 0 Å². The van der Waals surface area contributed by atoms with Crippen LogP contribution in [0.15, 0.2) is 26.5 Å². The zero-order chi connectivity index (χ0) is 14.2. The van der Waals surface area contributed by atoms with Gasteiger partial charge in [0.2, 0.25) is 0 Å². The van der Waals surface area contributed by atoms with Gasteiger partial charge in [0.25, 0.3) is 5.91 Å². The van der Waals surface area contributed by atoms with E-state index in [0.717, 1.165) is 9.85 Å². The number of carbonyl (C=O) groups is 1. The fourth-order valence-corrected chi connectivity index (χ4v) is 3.47. The number of carbonyl (C=O) groups excluding carboxylic acids is 1. The standard InChI is InChI=1S/C11H4Br2ClF2NOS/c12-5-3-8(19-10(5)13)11(18)17-9-6(14)1-4(15)2-7(9)16/h1-3H,(H,17,18). The maximum Gasteiger partial charge on any atom is 0.265 e. The van der Waals surface area contributed by atoms with Crippen LogP contribution in [-0.4, -0.2) is 5.91 Å². The largest absolute Gasteiger partial charge is 0.318 e. The van der Waals surface area contributed by atoms with E-state index in [1.807, 2.05) is 0 Å². The van der Waals surface area contributed by atoms with E-state index >= 15 is 0 Å². The van der Waals surface area contributed by atoms with E-state index in [4.69, 9.17) is 11.6 Å². The molecule has 0 aliphatic heterocycles. The Morgan fingerprint density at radius 1 is 1.26 bits per heavy atom. The summed E-state index contributed by atoms with van der Waals surface area (Å²) >= 11 is 13.4. The molecule has 1 amide bonds. The molecule has 19 heavy (non-hydrogen) atoms. The summed E-state index contributed by atoms with van der Waals surface area (Å²) in [6.07, 6.45) is 0. The lowest BCUT2D eigenvalue weighted by molar-refractivity contribution is 0.103. The summed E-state index contributed by atoms with van der Waals surface area (Å²) in [6, 6.07) is 3.17. The first kappa shape index (κ1) is 14.9. The molecule has 0 aliphatic rings. The smallest absolute Gasteiger partial charge is 0.265 e. The van der Waals surface area contributed by atoms with Crippen LogP contribution >= 0.6 is 54.8 Å². The van der Waals surface area contributed by atoms with Gasteiger partial charge in [0, 0.05) is 10.5 Å². The molecule has 0 aliphatic carbocycles. The predicted octanol–water partition coefficient (Wildman–Crippen LogP) is 5.46. The lowest BCUT2D eigenvalue weighted by Gasteiger charge is -2.07. The van der Waals surface area contributed by atoms with Gasteiger partial charge in [-0.15, -0.1) is 11.3 Å². The topological polar surface area (TPSA) is 29.1 Å². The lowest BCUT2D eigenvalue weighted by Crippen LogP contribution is -2.12. The Bertz CT molecular complexity index is 620. The number of hydrogen-bond donors (Lipinski definition) is 1. The molecule has 0 spiro atoms. The predicted molar refractivity (Wildman–Crippen MR) is 79.0 cm³/mol. The molecule has 0 saturated carbocycles. The Morgan fingerprint density at radius 2 is 1.95 bits per heavy atom. The van der Waals surface area contributed by atoms with Crippen LogP contribution in [0.5, 0.6) is 0 Å². The monoisotopic (exact) mass is 429 g/mol. The summed E-state index contributed by atoms with van der Waals surface area (Å²) in [4.78, 5) is 12.3. The number of thiophene rings is 1. The minimum Gasteiger partial charge on any atom is -0.318 e. The van der Waals surface area contributed by atoms with Crippen molar-refractivity contribution in [3.63, 3.8) is 0 Å². The third-order valence-electron chi connectivity index (χ3n) is 2.11. The molecule has 2 nitrogen and oxygen atoms in total. The Hall–Kier alpha value is -0.500. The SMILES string of the molecule is O=C(Nc1c(F)cc(F)cc1Cl)c1cc(Br)c(Br)s1. The molecule has 0 unspecified atom stereocenters. The number of amides is 1. The maximum atomic E-state index is 13.5. The normalized spacial score (nSPS) is 10.6. The van der Waals surface area contributed by atoms with Gasteiger partial charge in [-0.3, -0.25) is 4.79 Å². The highest BCUT2D eigenvalue weighted by molar-refractivity contribution is 9.13. The van der Waals surface area contributed by atoms with Gasteiger partial charge < -0.3 is 5.32 Å². The van der Waals surface area contributed by atoms with Crippen LogP contribution in [-0.2, 0) is 0 Å². The van der Waals surface area contributed by atoms with Gasteiger partial charge in [-0.1, -0.05) is 11.6 Å². The van der Waals surface area contributed by atoms with Crippen molar-refractivity contribution in [1.29, 1.82) is 0 Å². The molecule has 1 heterocycles. The zero-order valence-corrected chi connectivity index (χ0v) is 13.7. The molecule has 0 saturated heterocycles. The van der Waals surface area contributed by atoms with E-state index in [-0.39, 0.29) is 10.7 Å². The van der Waals surface area contributed by atoms with E-state index in [2.05, 4.69) is 37.2 Å². The molecule has 2 aromatic rings. The quantitative estimate of drug-likeness (QED) is 0.673. The minimum atomic E-state index is -0.923. The third-order valence-corrected chi connectivity index (χ3v) is 5.67. The third kappa shape index (κ3) is 3.34. The van der Waals surface area contributed by atoms with Gasteiger partial charge in [0.15, 0.2) is 5.82 Å². The molecule has 0 fully saturated rings. The first-order valence-corrected chi connectivity index (χ1v) is 7.57. The second-order valence-electron chi connectivity index (χ2n) is 3.43. The highest BCUT2D eigenvalue weighted by atomic mass is 79.9. The number of rotatable bonds is 2. The average Bonchev–Trinajstić information content (AvgIpc) is 2.64. The van der Waals surface area contributed by atoms with E-state index in [1.165, 1.54) is 11.3 Å². The summed E-state index contributed by atoms with van der Waals surface area (Å²) in [5.74, 6) is -2.25. The average molecular weight is 431 g/mol. The minimum absolute atomic E-state index is 0.194. The zero-order valence-electron chi connectivity index (χ0n) is 8.94. The van der Waals surface area contributed by atoms with Crippen LogP contribution in [0.3, 0.4) is 0 Å². The first-order chi connectivity index (χ1) is 8.88. The molecule has 0 atom stereocenters. The molecule has 1 N–H and O–H groups in total. The van der Waals surface area contributed by atoms with Crippen LogP contribution in [0.1, 0.15) is 9.67 Å². The lowest BCUT2D eigenvalue weighted by atomic mass is 10.3. The van der Waals surface area contributed by atoms with Crippen LogP contribution in [0.4, 0.5) is 14.5 Å². The van der Waals surface area contributed by atoms with Gasteiger partial charge in [-0.2, -0.15) is 0 Å². The first-order valence-electron chi connectivity index (χ1n) is 4.79. The molecule has 1 aromatic heterocycles. The number of halogens is 5. The van der Waals surface area contributed by atoms with Crippen molar-refractivity contribution in [3.8, 4) is 0 Å². The van der Waals surface area contributed by atoms with Crippen molar-refractivity contribution in [2.24, 2.45) is 0 Å². The fraction of sp³-hybridized carbons (Fsp3) is 0. The maximum absolute atomic E-state index is 13.5. The summed E-state index contributed by atoms with van der Waals surface area (Å²) in [7, 11) is 0. The Morgan fingerprint density at radius 3 is 2.47 bits per heavy atom. The van der Waals surface area contributed by atoms with E-state index < -0.39 is 17.5 Å². The molecular weight excluding hydrogens is 427 g/mol. The van der Waals surface area contributed by atoms with Gasteiger partial charge in [-0.25, -0.2) is 8.78 Å². The van der Waals surface area contributed by atoms with E-state index in [0.29, 0.717) is 15.4 Å². The second-order valence-corrected chi connectivity index (χ2v) is 7.06. The van der Waals surface area contributed by atoms with E-state index in [9.17, 15) is 13.6 Å². The van der Waals surface area contributed by atoms with Gasteiger partial charge in [0.1, 0.15) is 5.82 Å². The van der Waals surface area contributed by atoms with Crippen molar-refractivity contribution < 1.29 is 13.6 Å². The molecular formula is C11H4Br2ClF2NOS. The van der Waals surface area contributed by atoms with Crippen molar-refractivity contribution in [1.82, 2.24) is 0 Å². The Kier molecular flexibility index (Phi) is 4.60. The number of benzene rings is 1. The van der Waals surface area contributed by atoms with Crippen molar-refractivity contribution in [3.05, 3.63) is 48.0 Å². The Balaban J connectivity index is 2.29. The van der Waals surface area contributed by atoms with Crippen molar-refractivity contribution in [2.45, 2.75) is 0 Å². The van der Waals surface area contributed by atoms with Crippen molar-refractivity contribution >= 4 is 66.4 Å². The number of nitrogens with one attached hydrogen (secondary N) is 1. The number of anilines is 1. The Labute approximate surface area is 133 Å². The summed E-state index contributed by atoms with van der Waals surface area (Å²) < 4.78 is 27.9. The van der Waals surface area contributed by atoms with Crippen LogP contribution in [0.25, 0.3) is 0 Å². The summed E-state index contributed by atoms with van der Waals surface area (Å²) in [5.41, 5.74) is -0.242. The number of hydrogen-bond acceptors (Lipinski definition) is 2. The van der Waals surface area contributed by atoms with Crippen LogP contribution < -0.4 is 5.32 Å².